The van der Waals surface area contributed by atoms with Crippen molar-refractivity contribution in [3.63, 3.8) is 0 Å². The van der Waals surface area contributed by atoms with Gasteiger partial charge >= 0.3 is 5.97 Å². The highest BCUT2D eigenvalue weighted by molar-refractivity contribution is 5.66. The Kier molecular flexibility index (Phi) is 6.60. The SMILES string of the molecule is CC(=O)O[C@@H](C1C[C@@H](C)[C@H]2C(O1)[C@H](O)[C@@]1(C)C3=C(CC[C@]21C)[C@@]1(C)CCC(O)C(C)(C)[C@@H]1CC3)C(C)(C)O. The Bertz CT molecular complexity index is 1010. The number of carbonyl (C=O) groups is 1. The van der Waals surface area contributed by atoms with Gasteiger partial charge in [-0.25, -0.2) is 0 Å². The summed E-state index contributed by atoms with van der Waals surface area (Å²) in [7, 11) is 0. The molecule has 0 amide bonds. The molecule has 0 aromatic carbocycles. The lowest BCUT2D eigenvalue weighted by Gasteiger charge is -2.62. The van der Waals surface area contributed by atoms with Gasteiger partial charge in [-0.05, 0) is 92.8 Å². The standard InChI is InChI=1S/C32H52O6/c1-17-16-21(27(29(5,6)36)37-18(2)33)38-25-24(17)31(8)15-12-19-20(32(31,9)26(25)35)10-11-22-28(3,4)23(34)13-14-30(19,22)7/h17,21-27,34-36H,10-16H2,1-9H3/t17-,21?,22+,23?,24+,25?,26+,27+,30-,31-,32-/m1/s1. The van der Waals surface area contributed by atoms with Crippen LogP contribution in [0.15, 0.2) is 11.1 Å². The molecular formula is C32H52O6. The van der Waals surface area contributed by atoms with E-state index in [0.717, 1.165) is 38.5 Å². The van der Waals surface area contributed by atoms with E-state index in [4.69, 9.17) is 9.47 Å². The van der Waals surface area contributed by atoms with Crippen LogP contribution in [0.1, 0.15) is 107 Å². The van der Waals surface area contributed by atoms with Crippen LogP contribution in [0.5, 0.6) is 0 Å². The number of hydrogen-bond donors (Lipinski definition) is 3. The first-order valence-electron chi connectivity index (χ1n) is 15.0. The van der Waals surface area contributed by atoms with Gasteiger partial charge in [0.05, 0.1) is 30.0 Å². The van der Waals surface area contributed by atoms with Crippen molar-refractivity contribution < 1.29 is 29.6 Å². The fourth-order valence-corrected chi connectivity index (χ4v) is 10.7. The molecule has 1 heterocycles. The highest BCUT2D eigenvalue weighted by Crippen LogP contribution is 2.73. The molecule has 0 bridgehead atoms. The summed E-state index contributed by atoms with van der Waals surface area (Å²) in [5.41, 5.74) is 1.15. The first-order chi connectivity index (χ1) is 17.4. The van der Waals surface area contributed by atoms with Crippen LogP contribution in [0.2, 0.25) is 0 Å². The zero-order valence-electron chi connectivity index (χ0n) is 25.1. The average Bonchev–Trinajstić information content (AvgIpc) is 2.98. The molecule has 1 saturated heterocycles. The summed E-state index contributed by atoms with van der Waals surface area (Å²) in [5, 5.41) is 34.0. The molecule has 0 aromatic rings. The topological polar surface area (TPSA) is 96.2 Å². The van der Waals surface area contributed by atoms with Gasteiger partial charge in [0.15, 0.2) is 6.10 Å². The van der Waals surface area contributed by atoms with Gasteiger partial charge in [-0.3, -0.25) is 4.79 Å². The highest BCUT2D eigenvalue weighted by Gasteiger charge is 2.71. The second-order valence-electron chi connectivity index (χ2n) is 15.5. The van der Waals surface area contributed by atoms with Gasteiger partial charge in [-0.15, -0.1) is 0 Å². The van der Waals surface area contributed by atoms with Gasteiger partial charge in [-0.1, -0.05) is 52.7 Å². The van der Waals surface area contributed by atoms with Crippen molar-refractivity contribution in [1.82, 2.24) is 0 Å². The molecule has 4 aliphatic carbocycles. The third-order valence-corrected chi connectivity index (χ3v) is 12.8. The van der Waals surface area contributed by atoms with Crippen LogP contribution in [0.3, 0.4) is 0 Å². The molecular weight excluding hydrogens is 480 g/mol. The molecule has 38 heavy (non-hydrogen) atoms. The Labute approximate surface area is 229 Å². The monoisotopic (exact) mass is 532 g/mol. The maximum atomic E-state index is 12.2. The normalized spacial score (nSPS) is 48.9. The quantitative estimate of drug-likeness (QED) is 0.343. The van der Waals surface area contributed by atoms with E-state index < -0.39 is 35.3 Å². The molecule has 3 fully saturated rings. The maximum Gasteiger partial charge on any atom is 0.303 e. The molecule has 1 aliphatic heterocycles. The van der Waals surface area contributed by atoms with Crippen molar-refractivity contribution in [2.24, 2.45) is 39.4 Å². The molecule has 3 unspecified atom stereocenters. The predicted octanol–water partition coefficient (Wildman–Crippen LogP) is 5.17. The third-order valence-electron chi connectivity index (χ3n) is 12.8. The van der Waals surface area contributed by atoms with E-state index in [-0.39, 0.29) is 40.3 Å². The molecule has 3 N–H and O–H groups in total. The lowest BCUT2D eigenvalue weighted by Crippen LogP contribution is -2.56. The van der Waals surface area contributed by atoms with Gasteiger partial charge in [0, 0.05) is 12.3 Å². The minimum absolute atomic E-state index is 0.0461. The van der Waals surface area contributed by atoms with Crippen LogP contribution in [0.4, 0.5) is 0 Å². The predicted molar refractivity (Wildman–Crippen MR) is 146 cm³/mol. The van der Waals surface area contributed by atoms with E-state index in [0.29, 0.717) is 12.3 Å². The van der Waals surface area contributed by atoms with Gasteiger partial charge in [0.2, 0.25) is 0 Å². The third kappa shape index (κ3) is 3.68. The van der Waals surface area contributed by atoms with Crippen molar-refractivity contribution >= 4 is 5.97 Å². The van der Waals surface area contributed by atoms with E-state index in [1.807, 2.05) is 0 Å². The molecule has 0 radical (unpaired) electrons. The number of hydrogen-bond acceptors (Lipinski definition) is 6. The zero-order chi connectivity index (χ0) is 28.2. The number of aliphatic hydroxyl groups excluding tert-OH is 2. The number of esters is 1. The Morgan fingerprint density at radius 3 is 2.32 bits per heavy atom. The van der Waals surface area contributed by atoms with E-state index in [9.17, 15) is 20.1 Å². The molecule has 5 aliphatic rings. The first-order valence-corrected chi connectivity index (χ1v) is 15.0. The maximum absolute atomic E-state index is 12.2. The zero-order valence-corrected chi connectivity index (χ0v) is 25.1. The Balaban J connectivity index is 1.54. The molecule has 6 nitrogen and oxygen atoms in total. The van der Waals surface area contributed by atoms with Gasteiger partial charge in [0.1, 0.15) is 0 Å². The Morgan fingerprint density at radius 1 is 1.05 bits per heavy atom. The number of allylic oxidation sites excluding steroid dienone is 1. The van der Waals surface area contributed by atoms with Crippen LogP contribution in [0.25, 0.3) is 0 Å². The molecule has 2 saturated carbocycles. The molecule has 6 heteroatoms. The second-order valence-corrected chi connectivity index (χ2v) is 15.5. The summed E-state index contributed by atoms with van der Waals surface area (Å²) in [6.45, 7) is 18.5. The average molecular weight is 533 g/mol. The fraction of sp³-hybridized carbons (Fsp3) is 0.906. The Hall–Kier alpha value is -0.950. The fourth-order valence-electron chi connectivity index (χ4n) is 10.7. The van der Waals surface area contributed by atoms with Gasteiger partial charge in [0.25, 0.3) is 0 Å². The van der Waals surface area contributed by atoms with Crippen molar-refractivity contribution in [3.8, 4) is 0 Å². The number of rotatable bonds is 3. The summed E-state index contributed by atoms with van der Waals surface area (Å²) in [4.78, 5) is 11.9. The number of aliphatic hydroxyl groups is 3. The van der Waals surface area contributed by atoms with Crippen LogP contribution >= 0.6 is 0 Å². The van der Waals surface area contributed by atoms with E-state index in [1.54, 1.807) is 19.4 Å². The summed E-state index contributed by atoms with van der Waals surface area (Å²) in [6, 6.07) is 0. The van der Waals surface area contributed by atoms with E-state index >= 15 is 0 Å². The van der Waals surface area contributed by atoms with Crippen LogP contribution < -0.4 is 0 Å². The molecule has 216 valence electrons. The lowest BCUT2D eigenvalue weighted by molar-refractivity contribution is -0.216. The minimum atomic E-state index is -1.26. The smallest absolute Gasteiger partial charge is 0.303 e. The summed E-state index contributed by atoms with van der Waals surface area (Å²) in [6.07, 6.45) is 4.00. The van der Waals surface area contributed by atoms with Gasteiger partial charge in [-0.2, -0.15) is 0 Å². The summed E-state index contributed by atoms with van der Waals surface area (Å²) in [5.74, 6) is 0.429. The van der Waals surface area contributed by atoms with Crippen molar-refractivity contribution in [2.45, 2.75) is 143 Å². The minimum Gasteiger partial charge on any atom is -0.457 e. The van der Waals surface area contributed by atoms with Crippen LogP contribution in [-0.4, -0.2) is 57.4 Å². The van der Waals surface area contributed by atoms with Crippen LogP contribution in [0, 0.1) is 39.4 Å². The molecule has 5 rings (SSSR count). The largest absolute Gasteiger partial charge is 0.457 e. The Morgan fingerprint density at radius 2 is 1.71 bits per heavy atom. The number of carbonyl (C=O) groups excluding carboxylic acids is 1. The lowest BCUT2D eigenvalue weighted by atomic mass is 9.43. The first kappa shape index (κ1) is 28.6. The second kappa shape index (κ2) is 8.77. The van der Waals surface area contributed by atoms with Crippen LogP contribution in [-0.2, 0) is 14.3 Å². The van der Waals surface area contributed by atoms with E-state index in [1.165, 1.54) is 12.5 Å². The number of fused-ring (bicyclic) bond motifs is 6. The molecule has 0 aromatic heterocycles. The highest BCUT2D eigenvalue weighted by atomic mass is 16.6. The van der Waals surface area contributed by atoms with Crippen molar-refractivity contribution in [3.05, 3.63) is 11.1 Å². The van der Waals surface area contributed by atoms with Gasteiger partial charge < -0.3 is 24.8 Å². The molecule has 11 atom stereocenters. The summed E-state index contributed by atoms with van der Waals surface area (Å²) >= 11 is 0. The van der Waals surface area contributed by atoms with Crippen molar-refractivity contribution in [2.75, 3.05) is 0 Å². The summed E-state index contributed by atoms with van der Waals surface area (Å²) < 4.78 is 12.3. The molecule has 0 spiro atoms. The van der Waals surface area contributed by atoms with E-state index in [2.05, 4.69) is 41.5 Å². The van der Waals surface area contributed by atoms with Crippen molar-refractivity contribution in [1.29, 1.82) is 0 Å². The number of ether oxygens (including phenoxy) is 2.